The van der Waals surface area contributed by atoms with Gasteiger partial charge in [0, 0.05) is 18.0 Å². The fourth-order valence-corrected chi connectivity index (χ4v) is 5.00. The van der Waals surface area contributed by atoms with Gasteiger partial charge in [0.1, 0.15) is 5.84 Å². The van der Waals surface area contributed by atoms with Gasteiger partial charge in [-0.05, 0) is 53.7 Å². The molecule has 0 aromatic rings. The number of nitrogens with one attached hydrogen (secondary N) is 1. The fourth-order valence-electron chi connectivity index (χ4n) is 5.00. The summed E-state index contributed by atoms with van der Waals surface area (Å²) in [6.45, 7) is 6.96. The maximum atomic E-state index is 6.42. The van der Waals surface area contributed by atoms with Crippen molar-refractivity contribution < 1.29 is 0 Å². The summed E-state index contributed by atoms with van der Waals surface area (Å²) in [5.74, 6) is 7.18. The lowest BCUT2D eigenvalue weighted by Gasteiger charge is -2.44. The molecule has 1 heterocycles. The molecule has 4 atom stereocenters. The Kier molecular flexibility index (Phi) is 6.07. The van der Waals surface area contributed by atoms with Gasteiger partial charge in [0.15, 0.2) is 0 Å². The highest BCUT2D eigenvalue weighted by Gasteiger charge is 2.38. The first kappa shape index (κ1) is 20.8. The predicted molar refractivity (Wildman–Crippen MR) is 126 cm³/mol. The summed E-state index contributed by atoms with van der Waals surface area (Å²) in [4.78, 5) is 4.25. The number of nitrogens with two attached hydrogens (primary N) is 2. The fraction of sp³-hybridized carbons (Fsp3) is 0.423. The highest BCUT2D eigenvalue weighted by molar-refractivity contribution is 5.88. The van der Waals surface area contributed by atoms with Crippen molar-refractivity contribution in [3.8, 4) is 0 Å². The van der Waals surface area contributed by atoms with Crippen molar-refractivity contribution in [2.75, 3.05) is 0 Å². The molecular weight excluding hydrogens is 368 g/mol. The monoisotopic (exact) mass is 402 g/mol. The van der Waals surface area contributed by atoms with Gasteiger partial charge in [0.25, 0.3) is 0 Å². The van der Waals surface area contributed by atoms with Crippen LogP contribution in [0.25, 0.3) is 0 Å². The Balaban J connectivity index is 1.57. The molecule has 1 fully saturated rings. The second-order valence-corrected chi connectivity index (χ2v) is 9.23. The van der Waals surface area contributed by atoms with Gasteiger partial charge in [-0.3, -0.25) is 0 Å². The predicted octanol–water partition coefficient (Wildman–Crippen LogP) is 4.63. The normalized spacial score (nSPS) is 32.3. The molecule has 158 valence electrons. The van der Waals surface area contributed by atoms with E-state index in [2.05, 4.69) is 72.5 Å². The largest absolute Gasteiger partial charge is 0.321 e. The molecule has 0 saturated heterocycles. The van der Waals surface area contributed by atoms with Crippen molar-refractivity contribution in [1.29, 1.82) is 0 Å². The second kappa shape index (κ2) is 8.75. The lowest BCUT2D eigenvalue weighted by Crippen LogP contribution is -2.48. The van der Waals surface area contributed by atoms with Crippen LogP contribution in [0.5, 0.6) is 0 Å². The molecule has 1 aliphatic heterocycles. The number of allylic oxidation sites excluding steroid dienone is 10. The van der Waals surface area contributed by atoms with Gasteiger partial charge in [-0.1, -0.05) is 74.6 Å². The van der Waals surface area contributed by atoms with E-state index in [1.165, 1.54) is 30.4 Å². The third kappa shape index (κ3) is 4.07. The summed E-state index contributed by atoms with van der Waals surface area (Å²) in [7, 11) is 0. The summed E-state index contributed by atoms with van der Waals surface area (Å²) >= 11 is 0. The van der Waals surface area contributed by atoms with Crippen molar-refractivity contribution in [2.24, 2.45) is 39.7 Å². The standard InChI is InChI=1S/C26H34N4/c1-18(19-9-11-22(12-10-19)26(2)14-6-15-26)23(20-7-4-3-5-8-20)17-21-13-16-29-25(30-28)24(21)27/h3-5,7,9-11,13,16-17,20-22,24H,1,6,8,12,14-15,27-28H2,2H3,(H,29,30). The number of rotatable bonds is 5. The molecule has 0 radical (unpaired) electrons. The Hall–Kier alpha value is -2.43. The van der Waals surface area contributed by atoms with Gasteiger partial charge in [-0.25, -0.2) is 10.8 Å². The first-order valence-electron chi connectivity index (χ1n) is 11.1. The summed E-state index contributed by atoms with van der Waals surface area (Å²) in [5.41, 5.74) is 13.1. The molecule has 0 aromatic heterocycles. The molecule has 5 N–H and O–H groups in total. The Morgan fingerprint density at radius 3 is 2.67 bits per heavy atom. The zero-order valence-electron chi connectivity index (χ0n) is 17.9. The van der Waals surface area contributed by atoms with E-state index in [1.54, 1.807) is 6.20 Å². The van der Waals surface area contributed by atoms with E-state index >= 15 is 0 Å². The molecule has 0 spiro atoms. The van der Waals surface area contributed by atoms with Crippen LogP contribution in [-0.4, -0.2) is 11.9 Å². The van der Waals surface area contributed by atoms with E-state index in [-0.39, 0.29) is 12.0 Å². The van der Waals surface area contributed by atoms with Crippen LogP contribution in [0, 0.1) is 23.2 Å². The van der Waals surface area contributed by atoms with Crippen LogP contribution >= 0.6 is 0 Å². The van der Waals surface area contributed by atoms with Crippen LogP contribution in [0.15, 0.2) is 89.2 Å². The minimum absolute atomic E-state index is 0.0226. The number of hydrogen-bond acceptors (Lipinski definition) is 4. The third-order valence-electron chi connectivity index (χ3n) is 7.34. The first-order valence-corrected chi connectivity index (χ1v) is 11.1. The van der Waals surface area contributed by atoms with Crippen molar-refractivity contribution in [1.82, 2.24) is 5.43 Å². The molecule has 1 saturated carbocycles. The molecule has 0 amide bonds. The van der Waals surface area contributed by atoms with Gasteiger partial charge in [0.05, 0.1) is 6.04 Å². The highest BCUT2D eigenvalue weighted by Crippen LogP contribution is 2.50. The summed E-state index contributed by atoms with van der Waals surface area (Å²) in [5, 5.41) is 0. The van der Waals surface area contributed by atoms with Gasteiger partial charge < -0.3 is 11.2 Å². The molecule has 4 heteroatoms. The molecule has 0 aromatic carbocycles. The molecule has 4 nitrogen and oxygen atoms in total. The molecule has 4 unspecified atom stereocenters. The maximum Gasteiger partial charge on any atom is 0.133 e. The molecule has 3 aliphatic carbocycles. The van der Waals surface area contributed by atoms with Gasteiger partial charge in [-0.15, -0.1) is 0 Å². The lowest BCUT2D eigenvalue weighted by atomic mass is 9.60. The quantitative estimate of drug-likeness (QED) is 0.357. The van der Waals surface area contributed by atoms with Crippen molar-refractivity contribution in [3.63, 3.8) is 0 Å². The summed E-state index contributed by atoms with van der Waals surface area (Å²) < 4.78 is 0. The second-order valence-electron chi connectivity index (χ2n) is 9.23. The molecule has 30 heavy (non-hydrogen) atoms. The van der Waals surface area contributed by atoms with E-state index in [1.807, 2.05) is 6.08 Å². The number of nitrogens with zero attached hydrogens (tertiary/aromatic N) is 1. The van der Waals surface area contributed by atoms with Gasteiger partial charge >= 0.3 is 0 Å². The zero-order chi connectivity index (χ0) is 21.1. The smallest absolute Gasteiger partial charge is 0.133 e. The molecule has 0 bridgehead atoms. The average Bonchev–Trinajstić information content (AvgIpc) is 2.77. The lowest BCUT2D eigenvalue weighted by molar-refractivity contribution is 0.0998. The van der Waals surface area contributed by atoms with Crippen LogP contribution < -0.4 is 17.0 Å². The average molecular weight is 403 g/mol. The number of amidine groups is 1. The van der Waals surface area contributed by atoms with Crippen LogP contribution in [0.3, 0.4) is 0 Å². The minimum atomic E-state index is -0.287. The minimum Gasteiger partial charge on any atom is -0.321 e. The van der Waals surface area contributed by atoms with Crippen LogP contribution in [0.2, 0.25) is 0 Å². The maximum absolute atomic E-state index is 6.42. The van der Waals surface area contributed by atoms with E-state index < -0.39 is 0 Å². The Morgan fingerprint density at radius 1 is 1.23 bits per heavy atom. The molecule has 4 aliphatic rings. The van der Waals surface area contributed by atoms with E-state index in [0.717, 1.165) is 18.4 Å². The third-order valence-corrected chi connectivity index (χ3v) is 7.34. The topological polar surface area (TPSA) is 76.4 Å². The molecule has 4 rings (SSSR count). The van der Waals surface area contributed by atoms with Crippen LogP contribution in [-0.2, 0) is 0 Å². The van der Waals surface area contributed by atoms with Gasteiger partial charge in [-0.2, -0.15) is 0 Å². The van der Waals surface area contributed by atoms with Crippen LogP contribution in [0.1, 0.15) is 39.0 Å². The summed E-state index contributed by atoms with van der Waals surface area (Å²) in [6, 6.07) is -0.287. The number of hydrazine groups is 1. The first-order chi connectivity index (χ1) is 14.5. The zero-order valence-corrected chi connectivity index (χ0v) is 17.9. The number of hydrogen-bond donors (Lipinski definition) is 3. The van der Waals surface area contributed by atoms with Crippen LogP contribution in [0.4, 0.5) is 0 Å². The SMILES string of the molecule is C=C(C1=CCC(C2(C)CCC2)C=C1)C(=CC1C=CN=C(NN)C1N)C1C=CC=CC1. The Labute approximate surface area is 180 Å². The summed E-state index contributed by atoms with van der Waals surface area (Å²) in [6.07, 6.45) is 28.0. The Morgan fingerprint density at radius 2 is 2.07 bits per heavy atom. The van der Waals surface area contributed by atoms with E-state index in [4.69, 9.17) is 11.6 Å². The van der Waals surface area contributed by atoms with Crippen molar-refractivity contribution >= 4 is 5.84 Å². The van der Waals surface area contributed by atoms with E-state index in [0.29, 0.717) is 23.1 Å². The Bertz CT molecular complexity index is 892. The molecular formula is C26H34N4. The highest BCUT2D eigenvalue weighted by atomic mass is 15.3. The van der Waals surface area contributed by atoms with Crippen molar-refractivity contribution in [2.45, 2.75) is 45.1 Å². The van der Waals surface area contributed by atoms with E-state index in [9.17, 15) is 0 Å². The van der Waals surface area contributed by atoms with Gasteiger partial charge in [0.2, 0.25) is 0 Å². The number of aliphatic imine (C=N–C) groups is 1. The van der Waals surface area contributed by atoms with Crippen molar-refractivity contribution in [3.05, 3.63) is 84.2 Å².